The lowest BCUT2D eigenvalue weighted by atomic mass is 10.1. The van der Waals surface area contributed by atoms with Crippen LogP contribution < -0.4 is 9.64 Å². The van der Waals surface area contributed by atoms with Crippen molar-refractivity contribution < 1.29 is 14.6 Å². The van der Waals surface area contributed by atoms with E-state index in [2.05, 4.69) is 73.9 Å². The minimum atomic E-state index is -1.34. The van der Waals surface area contributed by atoms with Gasteiger partial charge in [-0.2, -0.15) is 0 Å². The number of carbonyl (C=O) groups is 1. The topological polar surface area (TPSA) is 49.8 Å². The van der Waals surface area contributed by atoms with E-state index >= 15 is 0 Å². The molecular formula is C24H23NO3. The van der Waals surface area contributed by atoms with E-state index in [4.69, 9.17) is 4.74 Å². The fraction of sp³-hybridized carbons (Fsp3) is 0.125. The van der Waals surface area contributed by atoms with Gasteiger partial charge in [-0.25, -0.2) is 4.79 Å². The largest absolute Gasteiger partial charge is 0.424 e. The van der Waals surface area contributed by atoms with E-state index < -0.39 is 12.1 Å². The third-order valence-corrected chi connectivity index (χ3v) is 4.36. The number of ether oxygens (including phenoxy) is 1. The van der Waals surface area contributed by atoms with E-state index in [-0.39, 0.29) is 0 Å². The highest BCUT2D eigenvalue weighted by Gasteiger charge is 2.15. The molecule has 1 unspecified atom stereocenters. The molecule has 0 amide bonds. The van der Waals surface area contributed by atoms with E-state index in [9.17, 15) is 9.90 Å². The van der Waals surface area contributed by atoms with Gasteiger partial charge < -0.3 is 14.7 Å². The van der Waals surface area contributed by atoms with Crippen LogP contribution in [0.2, 0.25) is 0 Å². The fourth-order valence-corrected chi connectivity index (χ4v) is 2.77. The summed E-state index contributed by atoms with van der Waals surface area (Å²) < 4.78 is 5.17. The zero-order chi connectivity index (χ0) is 20.1. The van der Waals surface area contributed by atoms with Crippen molar-refractivity contribution in [2.24, 2.45) is 0 Å². The first-order valence-corrected chi connectivity index (χ1v) is 9.04. The number of hydrogen-bond acceptors (Lipinski definition) is 4. The highest BCUT2D eigenvalue weighted by Crippen LogP contribution is 2.35. The highest BCUT2D eigenvalue weighted by molar-refractivity contribution is 5.80. The molecule has 0 heterocycles. The molecule has 0 radical (unpaired) electrons. The number of hydrogen-bond donors (Lipinski definition) is 1. The van der Waals surface area contributed by atoms with Gasteiger partial charge in [0, 0.05) is 17.1 Å². The molecule has 3 rings (SSSR count). The Bertz CT molecular complexity index is 899. The Hall–Kier alpha value is -3.37. The molecule has 0 aliphatic heterocycles. The Morgan fingerprint density at radius 3 is 1.64 bits per heavy atom. The maximum atomic E-state index is 11.7. The molecule has 0 fully saturated rings. The van der Waals surface area contributed by atoms with Crippen LogP contribution in [0.5, 0.6) is 5.75 Å². The Labute approximate surface area is 165 Å². The van der Waals surface area contributed by atoms with Crippen molar-refractivity contribution in [3.63, 3.8) is 0 Å². The predicted octanol–water partition coefficient (Wildman–Crippen LogP) is 5.23. The third kappa shape index (κ3) is 4.48. The Kier molecular flexibility index (Phi) is 5.92. The van der Waals surface area contributed by atoms with Gasteiger partial charge >= 0.3 is 5.97 Å². The lowest BCUT2D eigenvalue weighted by Crippen LogP contribution is -2.23. The van der Waals surface area contributed by atoms with Crippen LogP contribution >= 0.6 is 0 Å². The molecule has 0 aromatic heterocycles. The van der Waals surface area contributed by atoms with Crippen LogP contribution in [-0.2, 0) is 4.79 Å². The lowest BCUT2D eigenvalue weighted by molar-refractivity contribution is -0.141. The van der Waals surface area contributed by atoms with Crippen molar-refractivity contribution >= 4 is 23.0 Å². The molecule has 0 bridgehead atoms. The average Bonchev–Trinajstić information content (AvgIpc) is 2.71. The van der Waals surface area contributed by atoms with E-state index in [1.807, 2.05) is 12.1 Å². The number of rotatable bonds is 6. The monoisotopic (exact) mass is 373 g/mol. The van der Waals surface area contributed by atoms with Crippen LogP contribution in [0.25, 0.3) is 0 Å². The zero-order valence-corrected chi connectivity index (χ0v) is 16.0. The standard InChI is InChI=1S/C24H23NO3/c1-4-23(26)24(27)28-22-15-13-21(14-16-22)25(19-9-5-17(2)6-10-19)20-11-7-18(3)8-12-20/h4-16,23,26H,1H2,2-3H3. The van der Waals surface area contributed by atoms with Crippen molar-refractivity contribution in [2.75, 3.05) is 4.90 Å². The Balaban J connectivity index is 1.94. The molecule has 142 valence electrons. The number of aliphatic hydroxyl groups is 1. The summed E-state index contributed by atoms with van der Waals surface area (Å²) in [6.07, 6.45) is -0.205. The van der Waals surface area contributed by atoms with Gasteiger partial charge in [0.2, 0.25) is 0 Å². The van der Waals surface area contributed by atoms with Crippen molar-refractivity contribution in [1.29, 1.82) is 0 Å². The molecule has 0 aliphatic rings. The molecule has 4 heteroatoms. The van der Waals surface area contributed by atoms with Crippen molar-refractivity contribution in [3.05, 3.63) is 96.6 Å². The smallest absolute Gasteiger partial charge is 0.344 e. The molecule has 0 saturated carbocycles. The van der Waals surface area contributed by atoms with E-state index in [0.717, 1.165) is 23.1 Å². The number of anilines is 3. The SMILES string of the molecule is C=CC(O)C(=O)Oc1ccc(N(c2ccc(C)cc2)c2ccc(C)cc2)cc1. The summed E-state index contributed by atoms with van der Waals surface area (Å²) in [5.74, 6) is -0.390. The number of esters is 1. The summed E-state index contributed by atoms with van der Waals surface area (Å²) in [6, 6.07) is 23.8. The second kappa shape index (κ2) is 8.55. The van der Waals surface area contributed by atoms with Gasteiger partial charge in [0.05, 0.1) is 0 Å². The summed E-state index contributed by atoms with van der Waals surface area (Å²) in [5.41, 5.74) is 5.37. The molecule has 0 spiro atoms. The maximum absolute atomic E-state index is 11.7. The molecule has 1 N–H and O–H groups in total. The summed E-state index contributed by atoms with van der Waals surface area (Å²) >= 11 is 0. The van der Waals surface area contributed by atoms with Gasteiger partial charge in [-0.1, -0.05) is 48.0 Å². The van der Waals surface area contributed by atoms with E-state index in [0.29, 0.717) is 5.75 Å². The van der Waals surface area contributed by atoms with Crippen LogP contribution in [0.3, 0.4) is 0 Å². The summed E-state index contributed by atoms with van der Waals surface area (Å²) in [4.78, 5) is 13.8. The third-order valence-electron chi connectivity index (χ3n) is 4.36. The average molecular weight is 373 g/mol. The zero-order valence-electron chi connectivity index (χ0n) is 16.0. The quantitative estimate of drug-likeness (QED) is 0.365. The van der Waals surface area contributed by atoms with Crippen LogP contribution in [0.1, 0.15) is 11.1 Å². The summed E-state index contributed by atoms with van der Waals surface area (Å²) in [5, 5.41) is 9.47. The van der Waals surface area contributed by atoms with Crippen molar-refractivity contribution in [2.45, 2.75) is 20.0 Å². The Morgan fingerprint density at radius 2 is 1.25 bits per heavy atom. The summed E-state index contributed by atoms with van der Waals surface area (Å²) in [6.45, 7) is 7.50. The maximum Gasteiger partial charge on any atom is 0.344 e. The van der Waals surface area contributed by atoms with Gasteiger partial charge in [-0.3, -0.25) is 0 Å². The second-order valence-electron chi connectivity index (χ2n) is 6.60. The minimum Gasteiger partial charge on any atom is -0.424 e. The molecule has 0 aliphatic carbocycles. The van der Waals surface area contributed by atoms with Gasteiger partial charge in [0.25, 0.3) is 0 Å². The normalized spacial score (nSPS) is 11.5. The first-order chi connectivity index (χ1) is 13.5. The Morgan fingerprint density at radius 1 is 0.857 bits per heavy atom. The van der Waals surface area contributed by atoms with E-state index in [1.165, 1.54) is 11.1 Å². The van der Waals surface area contributed by atoms with Gasteiger partial charge in [-0.05, 0) is 62.4 Å². The molecule has 3 aromatic rings. The van der Waals surface area contributed by atoms with E-state index in [1.54, 1.807) is 12.1 Å². The number of aryl methyl sites for hydroxylation is 2. The van der Waals surface area contributed by atoms with Crippen LogP contribution in [0.15, 0.2) is 85.5 Å². The van der Waals surface area contributed by atoms with Crippen molar-refractivity contribution in [1.82, 2.24) is 0 Å². The number of aliphatic hydroxyl groups excluding tert-OH is 1. The lowest BCUT2D eigenvalue weighted by Gasteiger charge is -2.26. The molecule has 0 saturated heterocycles. The number of nitrogens with zero attached hydrogens (tertiary/aromatic N) is 1. The van der Waals surface area contributed by atoms with Crippen LogP contribution in [-0.4, -0.2) is 17.2 Å². The first-order valence-electron chi connectivity index (χ1n) is 9.04. The van der Waals surface area contributed by atoms with Gasteiger partial charge in [0.15, 0.2) is 6.10 Å². The van der Waals surface area contributed by atoms with Crippen molar-refractivity contribution in [3.8, 4) is 5.75 Å². The molecule has 1 atom stereocenters. The van der Waals surface area contributed by atoms with Gasteiger partial charge in [-0.15, -0.1) is 0 Å². The molecule has 3 aromatic carbocycles. The first kappa shape index (κ1) is 19.4. The predicted molar refractivity (Wildman–Crippen MR) is 112 cm³/mol. The second-order valence-corrected chi connectivity index (χ2v) is 6.60. The number of benzene rings is 3. The van der Waals surface area contributed by atoms with Gasteiger partial charge in [0.1, 0.15) is 5.75 Å². The van der Waals surface area contributed by atoms with Crippen LogP contribution in [0, 0.1) is 13.8 Å². The summed E-state index contributed by atoms with van der Waals surface area (Å²) in [7, 11) is 0. The minimum absolute atomic E-state index is 0.363. The molecule has 4 nitrogen and oxygen atoms in total. The fourth-order valence-electron chi connectivity index (χ4n) is 2.77. The molecule has 28 heavy (non-hydrogen) atoms. The molecular weight excluding hydrogens is 350 g/mol. The van der Waals surface area contributed by atoms with Crippen LogP contribution in [0.4, 0.5) is 17.1 Å². The number of carbonyl (C=O) groups excluding carboxylic acids is 1. The highest BCUT2D eigenvalue weighted by atomic mass is 16.5.